The van der Waals surface area contributed by atoms with Crippen LogP contribution in [0.1, 0.15) is 22.3 Å². The molecule has 8 nitrogen and oxygen atoms in total. The zero-order valence-corrected chi connectivity index (χ0v) is 26.2. The molecule has 16 heteroatoms. The minimum atomic E-state index is -0.792. The topological polar surface area (TPSA) is 141 Å². The number of azide groups is 1. The lowest BCUT2D eigenvalue weighted by atomic mass is 10.2. The summed E-state index contributed by atoms with van der Waals surface area (Å²) in [5, 5.41) is 21.7. The molecule has 0 bridgehead atoms. The summed E-state index contributed by atoms with van der Waals surface area (Å²) in [6.45, 7) is -0.214. The Labute approximate surface area is 279 Å². The van der Waals surface area contributed by atoms with Gasteiger partial charge < -0.3 is 15.2 Å². The zero-order valence-electron chi connectivity index (χ0n) is 21.7. The highest BCUT2D eigenvalue weighted by molar-refractivity contribution is 6.36. The van der Waals surface area contributed by atoms with E-state index >= 15 is 0 Å². The van der Waals surface area contributed by atoms with Gasteiger partial charge in [0.15, 0.2) is 23.1 Å². The molecule has 44 heavy (non-hydrogen) atoms. The summed E-state index contributed by atoms with van der Waals surface area (Å²) in [4.78, 5) is 2.57. The van der Waals surface area contributed by atoms with Crippen molar-refractivity contribution in [2.24, 2.45) is 10.8 Å². The van der Waals surface area contributed by atoms with Crippen LogP contribution in [0.2, 0.25) is 30.1 Å². The Bertz CT molecular complexity index is 1870. The van der Waals surface area contributed by atoms with Gasteiger partial charge in [-0.1, -0.05) is 86.9 Å². The first-order valence-corrected chi connectivity index (χ1v) is 14.0. The summed E-state index contributed by atoms with van der Waals surface area (Å²) in [6, 6.07) is 14.9. The van der Waals surface area contributed by atoms with Crippen LogP contribution < -0.4 is 15.2 Å². The van der Waals surface area contributed by atoms with Gasteiger partial charge in [-0.15, -0.1) is 0 Å². The third-order valence-corrected chi connectivity index (χ3v) is 7.27. The van der Waals surface area contributed by atoms with Crippen LogP contribution in [0.4, 0.5) is 8.78 Å². The molecule has 0 fully saturated rings. The lowest BCUT2D eigenvalue weighted by Gasteiger charge is -2.13. The molecule has 0 heterocycles. The van der Waals surface area contributed by atoms with Crippen molar-refractivity contribution in [3.05, 3.63) is 123 Å². The minimum Gasteiger partial charge on any atom is -0.451 e. The molecule has 0 atom stereocenters. The van der Waals surface area contributed by atoms with E-state index < -0.39 is 11.6 Å². The monoisotopic (exact) mass is 714 g/mol. The Morgan fingerprint density at radius 3 is 1.59 bits per heavy atom. The first-order valence-electron chi connectivity index (χ1n) is 11.7. The molecule has 0 amide bonds. The predicted octanol–water partition coefficient (Wildman–Crippen LogP) is 11.2. The van der Waals surface area contributed by atoms with E-state index in [0.29, 0.717) is 0 Å². The van der Waals surface area contributed by atoms with E-state index in [-0.39, 0.29) is 88.5 Å². The van der Waals surface area contributed by atoms with Gasteiger partial charge in [0.25, 0.3) is 0 Å². The van der Waals surface area contributed by atoms with Crippen molar-refractivity contribution in [3.63, 3.8) is 0 Å². The average molecular weight is 717 g/mol. The minimum absolute atomic E-state index is 0.00785. The Hall–Kier alpha value is -3.67. The highest BCUT2D eigenvalue weighted by Crippen LogP contribution is 2.41. The normalized spacial score (nSPS) is 10.1. The van der Waals surface area contributed by atoms with Crippen LogP contribution in [0.25, 0.3) is 10.4 Å². The molecule has 0 saturated carbocycles. The molecule has 4 rings (SSSR count). The molecule has 224 valence electrons. The molecular formula is C28H14Cl6F2N6O2. The lowest BCUT2D eigenvalue weighted by molar-refractivity contribution is 0.439. The summed E-state index contributed by atoms with van der Waals surface area (Å²) in [5.74, 6) is -1.97. The molecule has 0 radical (unpaired) electrons. The molecule has 0 aliphatic rings. The van der Waals surface area contributed by atoms with E-state index in [1.807, 2.05) is 12.1 Å². The number of rotatable bonds is 7. The fourth-order valence-corrected chi connectivity index (χ4v) is 4.55. The van der Waals surface area contributed by atoms with E-state index in [2.05, 4.69) is 10.0 Å². The van der Waals surface area contributed by atoms with Gasteiger partial charge in [0.05, 0.1) is 27.7 Å². The van der Waals surface area contributed by atoms with Crippen LogP contribution in [-0.4, -0.2) is 0 Å². The third-order valence-electron chi connectivity index (χ3n) is 5.46. The molecule has 0 saturated heterocycles. The van der Waals surface area contributed by atoms with Crippen molar-refractivity contribution in [2.45, 2.75) is 13.1 Å². The summed E-state index contributed by atoms with van der Waals surface area (Å²) in [6.07, 6.45) is 0. The summed E-state index contributed by atoms with van der Waals surface area (Å²) < 4.78 is 39.4. The van der Waals surface area contributed by atoms with Gasteiger partial charge in [-0.25, -0.2) is 8.78 Å². The zero-order chi connectivity index (χ0) is 32.6. The van der Waals surface area contributed by atoms with Gasteiger partial charge in [-0.05, 0) is 35.4 Å². The third kappa shape index (κ3) is 8.28. The molecule has 0 spiro atoms. The molecule has 4 aromatic carbocycles. The molecule has 0 aromatic heterocycles. The van der Waals surface area contributed by atoms with Crippen LogP contribution in [0, 0.1) is 34.3 Å². The van der Waals surface area contributed by atoms with Crippen LogP contribution in [0.3, 0.4) is 0 Å². The number of nitriles is 2. The molecular weight excluding hydrogens is 703 g/mol. The van der Waals surface area contributed by atoms with Crippen molar-refractivity contribution in [3.8, 4) is 35.1 Å². The van der Waals surface area contributed by atoms with E-state index in [1.54, 1.807) is 0 Å². The summed E-state index contributed by atoms with van der Waals surface area (Å²) in [5.41, 5.74) is 14.3. The highest BCUT2D eigenvalue weighted by atomic mass is 35.5. The second-order valence-electron chi connectivity index (χ2n) is 8.25. The van der Waals surface area contributed by atoms with E-state index in [1.165, 1.54) is 48.5 Å². The van der Waals surface area contributed by atoms with E-state index in [9.17, 15) is 8.78 Å². The van der Waals surface area contributed by atoms with Crippen molar-refractivity contribution < 1.29 is 18.3 Å². The number of ether oxygens (including phenoxy) is 2. The maximum Gasteiger partial charge on any atom is 0.182 e. The number of hydrogen-bond acceptors (Lipinski definition) is 6. The van der Waals surface area contributed by atoms with Gasteiger partial charge >= 0.3 is 0 Å². The van der Waals surface area contributed by atoms with Gasteiger partial charge in [0, 0.05) is 39.2 Å². The van der Waals surface area contributed by atoms with E-state index in [0.717, 1.165) is 0 Å². The second-order valence-corrected chi connectivity index (χ2v) is 10.7. The van der Waals surface area contributed by atoms with Crippen LogP contribution in [-0.2, 0) is 13.1 Å². The highest BCUT2D eigenvalue weighted by Gasteiger charge is 2.19. The second kappa shape index (κ2) is 15.9. The molecule has 0 aliphatic heterocycles. The Morgan fingerprint density at radius 1 is 0.750 bits per heavy atom. The largest absolute Gasteiger partial charge is 0.451 e. The van der Waals surface area contributed by atoms with Gasteiger partial charge in [0.2, 0.25) is 0 Å². The van der Waals surface area contributed by atoms with Gasteiger partial charge in [0.1, 0.15) is 33.7 Å². The fraction of sp³-hybridized carbons (Fsp3) is 0.0714. The van der Waals surface area contributed by atoms with Gasteiger partial charge in [-0.2, -0.15) is 10.5 Å². The maximum atomic E-state index is 14.4. The van der Waals surface area contributed by atoms with Crippen LogP contribution in [0.15, 0.2) is 53.6 Å². The Kier molecular flexibility index (Phi) is 12.6. The molecule has 2 N–H and O–H groups in total. The number of nitrogens with zero attached hydrogens (tertiary/aromatic N) is 5. The number of halogens is 8. The predicted molar refractivity (Wildman–Crippen MR) is 166 cm³/mol. The first kappa shape index (κ1) is 34.8. The van der Waals surface area contributed by atoms with Gasteiger partial charge in [-0.3, -0.25) is 0 Å². The summed E-state index contributed by atoms with van der Waals surface area (Å²) in [7, 11) is 0. The number of nitrogens with two attached hydrogens (primary N) is 1. The average Bonchev–Trinajstić information content (AvgIpc) is 3.00. The molecule has 4 aromatic rings. The molecule has 0 unspecified atom stereocenters. The quantitative estimate of drug-likeness (QED) is 0.115. The Balaban J connectivity index is 0.000000241. The molecule has 0 aliphatic carbocycles. The van der Waals surface area contributed by atoms with Crippen molar-refractivity contribution >= 4 is 69.6 Å². The van der Waals surface area contributed by atoms with Crippen molar-refractivity contribution in [1.29, 1.82) is 10.5 Å². The van der Waals surface area contributed by atoms with E-state index in [4.69, 9.17) is 101 Å². The summed E-state index contributed by atoms with van der Waals surface area (Å²) >= 11 is 35.6. The number of benzene rings is 4. The fourth-order valence-electron chi connectivity index (χ4n) is 3.38. The van der Waals surface area contributed by atoms with Crippen molar-refractivity contribution in [2.75, 3.05) is 0 Å². The SMILES string of the molecule is N#Cc1cc(Cl)cc(Oc2c(Cl)ccc(CN)c2F)c1Cl.N#Cc1cc(Cl)cc(Oc2c(Cl)ccc(CN=[N+]=[N-])c2F)c1Cl. The Morgan fingerprint density at radius 2 is 1.18 bits per heavy atom. The van der Waals surface area contributed by atoms with Crippen LogP contribution in [0.5, 0.6) is 23.0 Å². The lowest BCUT2D eigenvalue weighted by Crippen LogP contribution is -2.02. The first-order chi connectivity index (χ1) is 20.9. The van der Waals surface area contributed by atoms with Crippen LogP contribution >= 0.6 is 69.6 Å². The smallest absolute Gasteiger partial charge is 0.182 e. The standard InChI is InChI=1S/C14H6Cl3FN4O.C14H8Cl3FN2O/c15-9-3-8(5-19)12(17)11(4-9)23-14-10(16)2-1-7(13(14)18)6-21-22-20;15-9-3-8(6-20)12(17)11(4-9)21-14-10(16)2-1-7(5-19)13(14)18/h1-4H,6H2;1-4H,5,19H2. The number of hydrogen-bond donors (Lipinski definition) is 1. The van der Waals surface area contributed by atoms with Crippen molar-refractivity contribution in [1.82, 2.24) is 0 Å². The maximum absolute atomic E-state index is 14.4.